The molecule has 0 aliphatic carbocycles. The van der Waals surface area contributed by atoms with Gasteiger partial charge in [0.25, 0.3) is 5.56 Å². The number of rotatable bonds is 6. The molecule has 0 bridgehead atoms. The molecule has 156 valence electrons. The molecule has 1 heterocycles. The lowest BCUT2D eigenvalue weighted by molar-refractivity contribution is -0.117. The van der Waals surface area contributed by atoms with Crippen LogP contribution in [0, 0.1) is 0 Å². The molecule has 5 nitrogen and oxygen atoms in total. The van der Waals surface area contributed by atoms with Crippen LogP contribution in [0.4, 0.5) is 0 Å². The van der Waals surface area contributed by atoms with Gasteiger partial charge in [-0.05, 0) is 35.2 Å². The first-order valence-corrected chi connectivity index (χ1v) is 10.5. The highest BCUT2D eigenvalue weighted by Crippen LogP contribution is 2.24. The normalized spacial score (nSPS) is 11.1. The van der Waals surface area contributed by atoms with Crippen LogP contribution in [0.1, 0.15) is 37.6 Å². The molecular weight excluding hydrogens is 386 g/mol. The molecule has 4 rings (SSSR count). The van der Waals surface area contributed by atoms with Crippen LogP contribution in [0.2, 0.25) is 0 Å². The van der Waals surface area contributed by atoms with Crippen molar-refractivity contribution in [3.63, 3.8) is 0 Å². The summed E-state index contributed by atoms with van der Waals surface area (Å²) in [6, 6.07) is 25.4. The van der Waals surface area contributed by atoms with Crippen molar-refractivity contribution < 1.29 is 4.79 Å². The Morgan fingerprint density at radius 2 is 1.61 bits per heavy atom. The fourth-order valence-electron chi connectivity index (χ4n) is 3.71. The van der Waals surface area contributed by atoms with Gasteiger partial charge in [0.05, 0.1) is 10.9 Å². The number of benzene rings is 3. The van der Waals surface area contributed by atoms with E-state index < -0.39 is 0 Å². The van der Waals surface area contributed by atoms with Gasteiger partial charge in [-0.2, -0.15) is 0 Å². The number of aromatic nitrogens is 2. The molecule has 0 aliphatic rings. The fourth-order valence-corrected chi connectivity index (χ4v) is 3.71. The molecule has 3 aromatic carbocycles. The van der Waals surface area contributed by atoms with Gasteiger partial charge in [-0.25, -0.2) is 9.66 Å². The molecular formula is C26H25N3O2. The summed E-state index contributed by atoms with van der Waals surface area (Å²) < 4.78 is 1.30. The van der Waals surface area contributed by atoms with Crippen LogP contribution in [0.25, 0.3) is 22.0 Å². The van der Waals surface area contributed by atoms with Crippen molar-refractivity contribution in [2.75, 3.05) is 5.43 Å². The van der Waals surface area contributed by atoms with Crippen molar-refractivity contribution in [1.82, 2.24) is 9.66 Å². The summed E-state index contributed by atoms with van der Waals surface area (Å²) in [6.45, 7) is 3.91. The van der Waals surface area contributed by atoms with Gasteiger partial charge in [-0.15, -0.1) is 0 Å². The van der Waals surface area contributed by atoms with E-state index in [-0.39, 0.29) is 23.8 Å². The van der Waals surface area contributed by atoms with Crippen molar-refractivity contribution in [3.05, 3.63) is 101 Å². The van der Waals surface area contributed by atoms with Crippen molar-refractivity contribution in [2.45, 2.75) is 32.6 Å². The first kappa shape index (κ1) is 20.5. The van der Waals surface area contributed by atoms with Crippen molar-refractivity contribution in [2.24, 2.45) is 0 Å². The molecule has 4 aromatic rings. The van der Waals surface area contributed by atoms with Gasteiger partial charge < -0.3 is 0 Å². The summed E-state index contributed by atoms with van der Waals surface area (Å²) in [4.78, 5) is 30.4. The second kappa shape index (κ2) is 8.96. The lowest BCUT2D eigenvalue weighted by atomic mass is 9.97. The van der Waals surface area contributed by atoms with E-state index in [1.807, 2.05) is 62.4 Å². The van der Waals surface area contributed by atoms with Crippen LogP contribution < -0.4 is 11.0 Å². The molecule has 5 heteroatoms. The summed E-state index contributed by atoms with van der Waals surface area (Å²) in [5.41, 5.74) is 6.49. The topological polar surface area (TPSA) is 64.0 Å². The Bertz CT molecular complexity index is 1280. The quantitative estimate of drug-likeness (QED) is 0.491. The first-order chi connectivity index (χ1) is 15.0. The van der Waals surface area contributed by atoms with Gasteiger partial charge in [0.2, 0.25) is 5.91 Å². The lowest BCUT2D eigenvalue weighted by Crippen LogP contribution is -2.37. The van der Waals surface area contributed by atoms with Crippen molar-refractivity contribution in [1.29, 1.82) is 0 Å². The van der Waals surface area contributed by atoms with E-state index in [0.29, 0.717) is 23.1 Å². The maximum absolute atomic E-state index is 13.0. The second-order valence-electron chi connectivity index (χ2n) is 7.84. The summed E-state index contributed by atoms with van der Waals surface area (Å²) in [5.74, 6) is 0.307. The van der Waals surface area contributed by atoms with Crippen LogP contribution in [-0.4, -0.2) is 15.6 Å². The summed E-state index contributed by atoms with van der Waals surface area (Å²) >= 11 is 0. The van der Waals surface area contributed by atoms with Gasteiger partial charge >= 0.3 is 0 Å². The van der Waals surface area contributed by atoms with E-state index in [9.17, 15) is 9.59 Å². The van der Waals surface area contributed by atoms with Gasteiger partial charge in [0.1, 0.15) is 5.82 Å². The highest BCUT2D eigenvalue weighted by Gasteiger charge is 2.16. The monoisotopic (exact) mass is 411 g/mol. The number of hydrogen-bond donors (Lipinski definition) is 1. The van der Waals surface area contributed by atoms with Gasteiger partial charge in [-0.3, -0.25) is 15.0 Å². The zero-order valence-corrected chi connectivity index (χ0v) is 17.7. The molecule has 1 aromatic heterocycles. The van der Waals surface area contributed by atoms with Crippen LogP contribution in [0.5, 0.6) is 0 Å². The molecule has 0 fully saturated rings. The molecule has 0 unspecified atom stereocenters. The number of fused-ring (bicyclic) bond motifs is 1. The maximum Gasteiger partial charge on any atom is 0.280 e. The highest BCUT2D eigenvalue weighted by atomic mass is 16.2. The molecule has 0 spiro atoms. The predicted octanol–water partition coefficient (Wildman–Crippen LogP) is 4.89. The van der Waals surface area contributed by atoms with Crippen LogP contribution in [0.15, 0.2) is 83.7 Å². The maximum atomic E-state index is 13.0. The van der Waals surface area contributed by atoms with Crippen LogP contribution >= 0.6 is 0 Å². The molecule has 1 N–H and O–H groups in total. The van der Waals surface area contributed by atoms with Crippen LogP contribution in [0.3, 0.4) is 0 Å². The fraction of sp³-hybridized carbons (Fsp3) is 0.192. The third-order valence-corrected chi connectivity index (χ3v) is 5.28. The molecule has 1 amide bonds. The second-order valence-corrected chi connectivity index (χ2v) is 7.84. The minimum absolute atomic E-state index is 0.0172. The number of carbonyl (C=O) groups excluding carboxylic acids is 1. The number of amides is 1. The number of aryl methyl sites for hydroxylation is 1. The summed E-state index contributed by atoms with van der Waals surface area (Å²) in [6.07, 6.45) is 0.838. The Balaban J connectivity index is 1.57. The SMILES string of the molecule is CC(C)c1nc2ccccc2c(=O)n1NC(=O)CCc1ccccc1-c1ccccc1. The Labute approximate surface area is 181 Å². The number of carbonyl (C=O) groups is 1. The molecule has 0 aliphatic heterocycles. The minimum Gasteiger partial charge on any atom is -0.273 e. The van der Waals surface area contributed by atoms with Crippen molar-refractivity contribution in [3.8, 4) is 11.1 Å². The largest absolute Gasteiger partial charge is 0.280 e. The summed E-state index contributed by atoms with van der Waals surface area (Å²) in [5, 5.41) is 0.488. The molecule has 0 radical (unpaired) electrons. The van der Waals surface area contributed by atoms with E-state index in [1.54, 1.807) is 12.1 Å². The van der Waals surface area contributed by atoms with Gasteiger partial charge in [0, 0.05) is 12.3 Å². The zero-order chi connectivity index (χ0) is 21.8. The zero-order valence-electron chi connectivity index (χ0n) is 17.7. The third-order valence-electron chi connectivity index (χ3n) is 5.28. The standard InChI is InChI=1S/C26H25N3O2/c1-18(2)25-27-23-15-9-8-14-22(23)26(31)29(25)28-24(30)17-16-20-12-6-7-13-21(20)19-10-4-3-5-11-19/h3-15,18H,16-17H2,1-2H3,(H,28,30). The molecule has 31 heavy (non-hydrogen) atoms. The number of para-hydroxylation sites is 1. The summed E-state index contributed by atoms with van der Waals surface area (Å²) in [7, 11) is 0. The highest BCUT2D eigenvalue weighted by molar-refractivity contribution is 5.85. The first-order valence-electron chi connectivity index (χ1n) is 10.5. The van der Waals surface area contributed by atoms with Crippen molar-refractivity contribution >= 4 is 16.8 Å². The van der Waals surface area contributed by atoms with E-state index in [0.717, 1.165) is 16.7 Å². The Hall–Kier alpha value is -3.73. The average molecular weight is 412 g/mol. The minimum atomic E-state index is -0.257. The Kier molecular flexibility index (Phi) is 5.94. The number of nitrogens with zero attached hydrogens (tertiary/aromatic N) is 2. The van der Waals surface area contributed by atoms with Gasteiger partial charge in [0.15, 0.2) is 0 Å². The van der Waals surface area contributed by atoms with Crippen LogP contribution in [-0.2, 0) is 11.2 Å². The average Bonchev–Trinajstić information content (AvgIpc) is 2.80. The van der Waals surface area contributed by atoms with E-state index >= 15 is 0 Å². The number of hydrogen-bond acceptors (Lipinski definition) is 3. The lowest BCUT2D eigenvalue weighted by Gasteiger charge is -2.17. The third kappa shape index (κ3) is 4.40. The Morgan fingerprint density at radius 3 is 2.39 bits per heavy atom. The van der Waals surface area contributed by atoms with E-state index in [1.165, 1.54) is 4.68 Å². The number of nitrogens with one attached hydrogen (secondary N) is 1. The smallest absolute Gasteiger partial charge is 0.273 e. The predicted molar refractivity (Wildman–Crippen MR) is 125 cm³/mol. The van der Waals surface area contributed by atoms with E-state index in [4.69, 9.17) is 0 Å². The Morgan fingerprint density at radius 1 is 0.935 bits per heavy atom. The molecule has 0 saturated carbocycles. The van der Waals surface area contributed by atoms with E-state index in [2.05, 4.69) is 28.6 Å². The molecule has 0 saturated heterocycles. The molecule has 0 atom stereocenters. The van der Waals surface area contributed by atoms with Gasteiger partial charge in [-0.1, -0.05) is 80.6 Å².